The lowest BCUT2D eigenvalue weighted by Gasteiger charge is -2.03. The molecule has 0 saturated carbocycles. The van der Waals surface area contributed by atoms with Gasteiger partial charge in [-0.3, -0.25) is 4.79 Å². The first kappa shape index (κ1) is 13.8. The van der Waals surface area contributed by atoms with Crippen LogP contribution in [0.1, 0.15) is 0 Å². The average molecular weight is 319 g/mol. The Hall–Kier alpha value is -2.79. The minimum absolute atomic E-state index is 0.129. The van der Waals surface area contributed by atoms with Crippen LogP contribution in [0.4, 0.5) is 0 Å². The van der Waals surface area contributed by atoms with Crippen LogP contribution in [0.3, 0.4) is 0 Å². The van der Waals surface area contributed by atoms with Gasteiger partial charge in [0.25, 0.3) is 5.56 Å². The summed E-state index contributed by atoms with van der Waals surface area (Å²) in [4.78, 5) is 16.7. The zero-order valence-electron chi connectivity index (χ0n) is 12.1. The quantitative estimate of drug-likeness (QED) is 0.624. The summed E-state index contributed by atoms with van der Waals surface area (Å²) < 4.78 is 1.67. The van der Waals surface area contributed by atoms with E-state index in [2.05, 4.69) is 34.3 Å². The first-order valence-corrected chi connectivity index (χ1v) is 8.01. The molecule has 0 bridgehead atoms. The van der Waals surface area contributed by atoms with Crippen molar-refractivity contribution in [3.05, 3.63) is 83.4 Å². The molecule has 23 heavy (non-hydrogen) atoms. The summed E-state index contributed by atoms with van der Waals surface area (Å²) in [7, 11) is 0. The molecule has 4 rings (SSSR count). The molecule has 5 heteroatoms. The van der Waals surface area contributed by atoms with E-state index in [1.165, 1.54) is 15.9 Å². The molecule has 0 aliphatic rings. The first-order chi connectivity index (χ1) is 11.3. The third kappa shape index (κ3) is 2.78. The molecule has 2 aromatic carbocycles. The molecule has 0 aliphatic heterocycles. The van der Waals surface area contributed by atoms with Crippen LogP contribution in [0.15, 0.2) is 87.6 Å². The fraction of sp³-hybridized carbons (Fsp3) is 0. The molecule has 0 atom stereocenters. The van der Waals surface area contributed by atoms with Gasteiger partial charge in [-0.2, -0.15) is 5.10 Å². The van der Waals surface area contributed by atoms with Crippen molar-refractivity contribution in [1.82, 2.24) is 14.6 Å². The normalized spacial score (nSPS) is 11.0. The minimum Gasteiger partial charge on any atom is -0.306 e. The van der Waals surface area contributed by atoms with Gasteiger partial charge < -0.3 is 4.98 Å². The van der Waals surface area contributed by atoms with E-state index in [-0.39, 0.29) is 5.56 Å². The topological polar surface area (TPSA) is 50.2 Å². The van der Waals surface area contributed by atoms with Gasteiger partial charge in [-0.1, -0.05) is 42.1 Å². The van der Waals surface area contributed by atoms with Gasteiger partial charge in [0.15, 0.2) is 0 Å². The van der Waals surface area contributed by atoms with E-state index in [1.807, 2.05) is 30.3 Å². The fourth-order valence-corrected chi connectivity index (χ4v) is 3.27. The lowest BCUT2D eigenvalue weighted by atomic mass is 10.1. The lowest BCUT2D eigenvalue weighted by molar-refractivity contribution is 0.931. The predicted molar refractivity (Wildman–Crippen MR) is 91.8 cm³/mol. The summed E-state index contributed by atoms with van der Waals surface area (Å²) in [5.41, 5.74) is 2.52. The Balaban J connectivity index is 1.67. The number of rotatable bonds is 3. The van der Waals surface area contributed by atoms with Gasteiger partial charge in [-0.05, 0) is 29.8 Å². The molecule has 2 aromatic heterocycles. The second-order valence-electron chi connectivity index (χ2n) is 5.10. The van der Waals surface area contributed by atoms with Crippen molar-refractivity contribution in [3.8, 4) is 11.1 Å². The predicted octanol–water partition coefficient (Wildman–Crippen LogP) is 3.84. The lowest BCUT2D eigenvalue weighted by Crippen LogP contribution is -2.06. The number of H-pyrrole nitrogens is 1. The molecular weight excluding hydrogens is 306 g/mol. The van der Waals surface area contributed by atoms with Crippen molar-refractivity contribution < 1.29 is 0 Å². The van der Waals surface area contributed by atoms with Crippen LogP contribution in [0, 0.1) is 0 Å². The Labute approximate surface area is 136 Å². The number of hydrogen-bond donors (Lipinski definition) is 1. The highest BCUT2D eigenvalue weighted by Gasteiger charge is 2.07. The Kier molecular flexibility index (Phi) is 3.48. The maximum atomic E-state index is 11.5. The van der Waals surface area contributed by atoms with E-state index in [9.17, 15) is 4.79 Å². The molecule has 0 fully saturated rings. The highest BCUT2D eigenvalue weighted by atomic mass is 32.2. The molecule has 112 valence electrons. The number of aromatic amines is 1. The van der Waals surface area contributed by atoms with Crippen LogP contribution in [0.5, 0.6) is 0 Å². The monoisotopic (exact) mass is 319 g/mol. The first-order valence-electron chi connectivity index (χ1n) is 7.20. The third-order valence-corrected chi connectivity index (χ3v) is 4.56. The number of nitrogens with one attached hydrogen (secondary N) is 1. The molecule has 0 aliphatic carbocycles. The highest BCUT2D eigenvalue weighted by molar-refractivity contribution is 7.99. The zero-order valence-corrected chi connectivity index (χ0v) is 13.0. The fourth-order valence-electron chi connectivity index (χ4n) is 2.43. The highest BCUT2D eigenvalue weighted by Crippen LogP contribution is 2.30. The van der Waals surface area contributed by atoms with Crippen LogP contribution in [-0.2, 0) is 0 Å². The van der Waals surface area contributed by atoms with Crippen molar-refractivity contribution in [1.29, 1.82) is 0 Å². The number of fused-ring (bicyclic) bond motifs is 1. The summed E-state index contributed by atoms with van der Waals surface area (Å²) in [5.74, 6) is 0. The van der Waals surface area contributed by atoms with Crippen molar-refractivity contribution >= 4 is 17.4 Å². The van der Waals surface area contributed by atoms with Gasteiger partial charge in [0.05, 0.1) is 6.20 Å². The maximum Gasteiger partial charge on any atom is 0.251 e. The second-order valence-corrected chi connectivity index (χ2v) is 6.24. The van der Waals surface area contributed by atoms with E-state index in [0.717, 1.165) is 11.1 Å². The number of nitrogens with zero attached hydrogens (tertiary/aromatic N) is 2. The van der Waals surface area contributed by atoms with Gasteiger partial charge in [-0.25, -0.2) is 4.52 Å². The molecule has 2 heterocycles. The van der Waals surface area contributed by atoms with E-state index in [0.29, 0.717) is 5.65 Å². The zero-order chi connectivity index (χ0) is 15.6. The van der Waals surface area contributed by atoms with E-state index < -0.39 is 0 Å². The number of benzene rings is 2. The van der Waals surface area contributed by atoms with Crippen molar-refractivity contribution in [3.63, 3.8) is 0 Å². The van der Waals surface area contributed by atoms with Crippen LogP contribution < -0.4 is 5.56 Å². The van der Waals surface area contributed by atoms with Gasteiger partial charge >= 0.3 is 0 Å². The van der Waals surface area contributed by atoms with Crippen LogP contribution >= 0.6 is 11.8 Å². The minimum atomic E-state index is -0.129. The van der Waals surface area contributed by atoms with Crippen LogP contribution in [0.25, 0.3) is 16.8 Å². The molecule has 1 N–H and O–H groups in total. The summed E-state index contributed by atoms with van der Waals surface area (Å²) in [6, 6.07) is 20.0. The Morgan fingerprint density at radius 3 is 2.43 bits per heavy atom. The van der Waals surface area contributed by atoms with E-state index in [4.69, 9.17) is 0 Å². The second kappa shape index (κ2) is 5.78. The molecule has 0 amide bonds. The van der Waals surface area contributed by atoms with Gasteiger partial charge in [-0.15, -0.1) is 0 Å². The summed E-state index contributed by atoms with van der Waals surface area (Å²) in [6.45, 7) is 0. The maximum absolute atomic E-state index is 11.5. The number of aromatic nitrogens is 3. The Morgan fingerprint density at radius 1 is 0.913 bits per heavy atom. The van der Waals surface area contributed by atoms with Crippen molar-refractivity contribution in [2.45, 2.75) is 9.79 Å². The molecule has 0 spiro atoms. The Bertz CT molecular complexity index is 1000. The standard InChI is InChI=1S/C18H13N3OS/c22-17-10-11-21-18(20-17)16(12-19-21)13-6-8-15(9-7-13)23-14-4-2-1-3-5-14/h1-12H,(H,20,22). The van der Waals surface area contributed by atoms with Gasteiger partial charge in [0, 0.05) is 27.6 Å². The summed E-state index contributed by atoms with van der Waals surface area (Å²) >= 11 is 1.72. The molecule has 0 saturated heterocycles. The van der Waals surface area contributed by atoms with E-state index in [1.54, 1.807) is 28.7 Å². The average Bonchev–Trinajstić information content (AvgIpc) is 2.99. The van der Waals surface area contributed by atoms with Crippen molar-refractivity contribution in [2.24, 2.45) is 0 Å². The largest absolute Gasteiger partial charge is 0.306 e. The van der Waals surface area contributed by atoms with Gasteiger partial charge in [0.1, 0.15) is 5.65 Å². The third-order valence-electron chi connectivity index (χ3n) is 3.55. The van der Waals surface area contributed by atoms with E-state index >= 15 is 0 Å². The number of hydrogen-bond acceptors (Lipinski definition) is 3. The summed E-state index contributed by atoms with van der Waals surface area (Å²) in [5, 5.41) is 4.27. The van der Waals surface area contributed by atoms with Gasteiger partial charge in [0.2, 0.25) is 0 Å². The van der Waals surface area contributed by atoms with Crippen LogP contribution in [-0.4, -0.2) is 14.6 Å². The molecule has 0 radical (unpaired) electrons. The van der Waals surface area contributed by atoms with Crippen LogP contribution in [0.2, 0.25) is 0 Å². The molecule has 4 nitrogen and oxygen atoms in total. The Morgan fingerprint density at radius 2 is 1.65 bits per heavy atom. The molecule has 0 unspecified atom stereocenters. The molecular formula is C18H13N3OS. The smallest absolute Gasteiger partial charge is 0.251 e. The van der Waals surface area contributed by atoms with Crippen molar-refractivity contribution in [2.75, 3.05) is 0 Å². The summed E-state index contributed by atoms with van der Waals surface area (Å²) in [6.07, 6.45) is 3.43. The SMILES string of the molecule is O=c1ccn2ncc(-c3ccc(Sc4ccccc4)cc3)c2[nH]1. The molecule has 4 aromatic rings.